The third-order valence-electron chi connectivity index (χ3n) is 5.42. The average Bonchev–Trinajstić information content (AvgIpc) is 3.16. The van der Waals surface area contributed by atoms with E-state index in [2.05, 4.69) is 94.6 Å². The molecule has 2 atom stereocenters. The molecule has 0 fully saturated rings. The number of halogens is 1. The van der Waals surface area contributed by atoms with Crippen molar-refractivity contribution in [3.63, 3.8) is 0 Å². The molecule has 0 radical (unpaired) electrons. The second-order valence-electron chi connectivity index (χ2n) is 7.11. The van der Waals surface area contributed by atoms with Crippen LogP contribution in [0.3, 0.4) is 0 Å². The Bertz CT molecular complexity index is 1020. The van der Waals surface area contributed by atoms with Crippen molar-refractivity contribution in [1.29, 1.82) is 0 Å². The maximum Gasteiger partial charge on any atom is 0.221 e. The van der Waals surface area contributed by atoms with E-state index in [-0.39, 0.29) is 6.04 Å². The summed E-state index contributed by atoms with van der Waals surface area (Å²) >= 11 is 3.53. The van der Waals surface area contributed by atoms with Gasteiger partial charge in [-0.25, -0.2) is 5.01 Å². The van der Waals surface area contributed by atoms with Gasteiger partial charge in [-0.1, -0.05) is 76.6 Å². The van der Waals surface area contributed by atoms with Gasteiger partial charge in [-0.3, -0.25) is 0 Å². The van der Waals surface area contributed by atoms with Crippen molar-refractivity contribution in [2.24, 2.45) is 5.10 Å². The summed E-state index contributed by atoms with van der Waals surface area (Å²) in [7, 11) is 0. The number of hydrogen-bond donors (Lipinski definition) is 0. The van der Waals surface area contributed by atoms with Gasteiger partial charge in [-0.2, -0.15) is 5.10 Å². The van der Waals surface area contributed by atoms with Crippen LogP contribution in [0.2, 0.25) is 0 Å². The van der Waals surface area contributed by atoms with E-state index in [4.69, 9.17) is 9.84 Å². The molecule has 2 aliphatic heterocycles. The standard InChI is InChI=1S/C23H19BrN2O/c1-23(17-11-13-18(24)14-12-17)26-21(19-9-5-6-10-22(19)27-23)15-20(25-26)16-7-3-2-4-8-16/h2-14,21H,15H2,1H3/t21-,23-/m0/s1. The van der Waals surface area contributed by atoms with Gasteiger partial charge in [-0.05, 0) is 23.8 Å². The van der Waals surface area contributed by atoms with E-state index >= 15 is 0 Å². The summed E-state index contributed by atoms with van der Waals surface area (Å²) in [6, 6.07) is 27.2. The number of fused-ring (bicyclic) bond motifs is 3. The van der Waals surface area contributed by atoms with Crippen molar-refractivity contribution < 1.29 is 4.74 Å². The normalized spacial score (nSPS) is 23.3. The molecule has 3 aromatic rings. The Hall–Kier alpha value is -2.59. The van der Waals surface area contributed by atoms with Gasteiger partial charge in [0.25, 0.3) is 0 Å². The summed E-state index contributed by atoms with van der Waals surface area (Å²) in [4.78, 5) is 0. The lowest BCUT2D eigenvalue weighted by atomic mass is 9.92. The smallest absolute Gasteiger partial charge is 0.221 e. The highest BCUT2D eigenvalue weighted by Gasteiger charge is 2.48. The van der Waals surface area contributed by atoms with Gasteiger partial charge < -0.3 is 4.74 Å². The molecule has 0 N–H and O–H groups in total. The molecule has 0 bridgehead atoms. The lowest BCUT2D eigenvalue weighted by molar-refractivity contribution is -0.112. The average molecular weight is 419 g/mol. The van der Waals surface area contributed by atoms with Crippen molar-refractivity contribution >= 4 is 21.6 Å². The molecule has 2 heterocycles. The molecule has 3 aromatic carbocycles. The molecule has 0 saturated heterocycles. The molecule has 0 aromatic heterocycles. The van der Waals surface area contributed by atoms with Gasteiger partial charge in [0, 0.05) is 28.9 Å². The van der Waals surface area contributed by atoms with Crippen LogP contribution in [0.1, 0.15) is 36.1 Å². The maximum atomic E-state index is 6.55. The van der Waals surface area contributed by atoms with Crippen molar-refractivity contribution in [2.45, 2.75) is 25.1 Å². The Morgan fingerprint density at radius 3 is 2.44 bits per heavy atom. The number of para-hydroxylation sites is 1. The molecular weight excluding hydrogens is 400 g/mol. The Balaban J connectivity index is 1.65. The molecule has 3 nitrogen and oxygen atoms in total. The fourth-order valence-electron chi connectivity index (χ4n) is 4.01. The van der Waals surface area contributed by atoms with Gasteiger partial charge in [-0.15, -0.1) is 0 Å². The van der Waals surface area contributed by atoms with E-state index in [1.54, 1.807) is 0 Å². The van der Waals surface area contributed by atoms with Crippen molar-refractivity contribution in [1.82, 2.24) is 5.01 Å². The second kappa shape index (κ2) is 6.24. The lowest BCUT2D eigenvalue weighted by Gasteiger charge is -2.46. The number of nitrogens with zero attached hydrogens (tertiary/aromatic N) is 2. The highest BCUT2D eigenvalue weighted by atomic mass is 79.9. The van der Waals surface area contributed by atoms with Gasteiger partial charge in [0.05, 0.1) is 11.8 Å². The monoisotopic (exact) mass is 418 g/mol. The molecule has 2 aliphatic rings. The van der Waals surface area contributed by atoms with Crippen LogP contribution in [0.4, 0.5) is 0 Å². The Labute approximate surface area is 167 Å². The molecule has 134 valence electrons. The van der Waals surface area contributed by atoms with Crippen molar-refractivity contribution in [3.05, 3.63) is 100 Å². The molecule has 5 rings (SSSR count). The third-order valence-corrected chi connectivity index (χ3v) is 5.95. The third kappa shape index (κ3) is 2.67. The fraction of sp³-hybridized carbons (Fsp3) is 0.174. The molecule has 0 amide bonds. The lowest BCUT2D eigenvalue weighted by Crippen LogP contribution is -2.48. The van der Waals surface area contributed by atoms with Gasteiger partial charge >= 0.3 is 0 Å². The summed E-state index contributed by atoms with van der Waals surface area (Å²) in [6.45, 7) is 2.11. The van der Waals surface area contributed by atoms with E-state index < -0.39 is 5.72 Å². The molecular formula is C23H19BrN2O. The summed E-state index contributed by atoms with van der Waals surface area (Å²) < 4.78 is 7.60. The summed E-state index contributed by atoms with van der Waals surface area (Å²) in [5.41, 5.74) is 3.90. The Kier molecular flexibility index (Phi) is 3.83. The van der Waals surface area contributed by atoms with Crippen molar-refractivity contribution in [2.75, 3.05) is 0 Å². The molecule has 0 unspecified atom stereocenters. The largest absolute Gasteiger partial charge is 0.462 e. The molecule has 4 heteroatoms. The number of ether oxygens (including phenoxy) is 1. The minimum absolute atomic E-state index is 0.166. The highest BCUT2D eigenvalue weighted by Crippen LogP contribution is 2.50. The van der Waals surface area contributed by atoms with Crippen LogP contribution >= 0.6 is 15.9 Å². The Morgan fingerprint density at radius 1 is 0.963 bits per heavy atom. The van der Waals surface area contributed by atoms with Crippen LogP contribution in [-0.2, 0) is 5.72 Å². The molecule has 0 spiro atoms. The number of hydrazone groups is 1. The first-order chi connectivity index (χ1) is 13.1. The summed E-state index contributed by atoms with van der Waals surface area (Å²) in [5, 5.41) is 7.18. The molecule has 27 heavy (non-hydrogen) atoms. The maximum absolute atomic E-state index is 6.55. The first kappa shape index (κ1) is 16.6. The predicted octanol–water partition coefficient (Wildman–Crippen LogP) is 5.87. The van der Waals surface area contributed by atoms with Crippen LogP contribution in [0, 0.1) is 0 Å². The second-order valence-corrected chi connectivity index (χ2v) is 8.02. The van der Waals surface area contributed by atoms with E-state index in [1.165, 1.54) is 11.1 Å². The topological polar surface area (TPSA) is 24.8 Å². The zero-order valence-electron chi connectivity index (χ0n) is 15.0. The van der Waals surface area contributed by atoms with E-state index in [0.717, 1.165) is 27.9 Å². The zero-order valence-corrected chi connectivity index (χ0v) is 16.6. The number of rotatable bonds is 2. The predicted molar refractivity (Wildman–Crippen MR) is 111 cm³/mol. The SMILES string of the molecule is C[C@@]1(c2ccc(Br)cc2)Oc2ccccc2[C@@H]2CC(c3ccccc3)=NN21. The zero-order chi connectivity index (χ0) is 18.4. The van der Waals surface area contributed by atoms with Gasteiger partial charge in [0.1, 0.15) is 5.75 Å². The quantitative estimate of drug-likeness (QED) is 0.519. The highest BCUT2D eigenvalue weighted by molar-refractivity contribution is 9.10. The van der Waals surface area contributed by atoms with Crippen LogP contribution in [-0.4, -0.2) is 10.7 Å². The molecule has 0 saturated carbocycles. The summed E-state index contributed by atoms with van der Waals surface area (Å²) in [5.74, 6) is 0.939. The van der Waals surface area contributed by atoms with Crippen LogP contribution < -0.4 is 4.74 Å². The van der Waals surface area contributed by atoms with E-state index in [1.807, 2.05) is 12.1 Å². The van der Waals surface area contributed by atoms with E-state index in [9.17, 15) is 0 Å². The van der Waals surface area contributed by atoms with Gasteiger partial charge in [0.15, 0.2) is 0 Å². The van der Waals surface area contributed by atoms with E-state index in [0.29, 0.717) is 0 Å². The number of hydrogen-bond acceptors (Lipinski definition) is 3. The van der Waals surface area contributed by atoms with Crippen molar-refractivity contribution in [3.8, 4) is 5.75 Å². The summed E-state index contributed by atoms with van der Waals surface area (Å²) in [6.07, 6.45) is 0.872. The van der Waals surface area contributed by atoms with Gasteiger partial charge in [0.2, 0.25) is 5.72 Å². The van der Waals surface area contributed by atoms with Crippen LogP contribution in [0.5, 0.6) is 5.75 Å². The Morgan fingerprint density at radius 2 is 1.67 bits per heavy atom. The fourth-order valence-corrected chi connectivity index (χ4v) is 4.28. The van der Waals surface area contributed by atoms with Crippen LogP contribution in [0.15, 0.2) is 88.4 Å². The van der Waals surface area contributed by atoms with Crippen LogP contribution in [0.25, 0.3) is 0 Å². The number of benzene rings is 3. The molecule has 0 aliphatic carbocycles. The minimum atomic E-state index is -0.656. The first-order valence-electron chi connectivity index (χ1n) is 9.11. The first-order valence-corrected chi connectivity index (χ1v) is 9.91. The minimum Gasteiger partial charge on any atom is -0.462 e.